The molecule has 2 aliphatic heterocycles. The summed E-state index contributed by atoms with van der Waals surface area (Å²) in [7, 11) is -4.60. The summed E-state index contributed by atoms with van der Waals surface area (Å²) in [6, 6.07) is 10.4. The molecule has 240 valence electrons. The first-order valence-corrected chi connectivity index (χ1v) is 16.1. The fourth-order valence-corrected chi connectivity index (χ4v) is 7.25. The van der Waals surface area contributed by atoms with E-state index in [-0.39, 0.29) is 30.7 Å². The van der Waals surface area contributed by atoms with Crippen molar-refractivity contribution in [2.75, 3.05) is 25.6 Å². The molecule has 5 atom stereocenters. The zero-order chi connectivity index (χ0) is 31.8. The molecular weight excluding hydrogens is 596 g/mol. The molecule has 5 rings (SSSR count). The second-order valence-electron chi connectivity index (χ2n) is 11.4. The first-order chi connectivity index (χ1) is 20.9. The third-order valence-electron chi connectivity index (χ3n) is 7.85. The summed E-state index contributed by atoms with van der Waals surface area (Å²) in [4.78, 5) is 17.0. The van der Waals surface area contributed by atoms with Crippen molar-refractivity contribution in [1.29, 1.82) is 0 Å². The topological polar surface area (TPSA) is 158 Å². The normalized spacial score (nSPS) is 26.4. The fourth-order valence-electron chi connectivity index (χ4n) is 5.53. The first-order valence-electron chi connectivity index (χ1n) is 14.6. The summed E-state index contributed by atoms with van der Waals surface area (Å²) in [5.41, 5.74) is 5.51. The van der Waals surface area contributed by atoms with Gasteiger partial charge in [0.25, 0.3) is 0 Å². The molecule has 1 aromatic carbocycles. The molecule has 44 heavy (non-hydrogen) atoms. The van der Waals surface area contributed by atoms with Crippen LogP contribution in [0.4, 0.5) is 10.2 Å². The van der Waals surface area contributed by atoms with E-state index in [1.807, 2.05) is 13.8 Å². The van der Waals surface area contributed by atoms with Gasteiger partial charge in [-0.15, -0.1) is 0 Å². The maximum absolute atomic E-state index is 15.4. The van der Waals surface area contributed by atoms with Crippen LogP contribution in [0.25, 0.3) is 5.52 Å². The summed E-state index contributed by atoms with van der Waals surface area (Å²) in [5, 5.41) is 6.93. The highest BCUT2D eigenvalue weighted by molar-refractivity contribution is 7.52. The molecule has 0 amide bonds. The Morgan fingerprint density at radius 2 is 1.95 bits per heavy atom. The highest BCUT2D eigenvalue weighted by Gasteiger charge is 2.72. The maximum atomic E-state index is 15.4. The van der Waals surface area contributed by atoms with Crippen LogP contribution in [-0.4, -0.2) is 64.2 Å². The van der Waals surface area contributed by atoms with E-state index in [1.165, 1.54) is 17.8 Å². The number of aromatic nitrogens is 3. The van der Waals surface area contributed by atoms with Crippen LogP contribution in [-0.2, 0) is 38.4 Å². The van der Waals surface area contributed by atoms with Crippen LogP contribution in [0.15, 0.2) is 48.8 Å². The molecule has 2 fully saturated rings. The Hall–Kier alpha value is -3.13. The summed E-state index contributed by atoms with van der Waals surface area (Å²) in [5.74, 6) is -3.67. The molecule has 2 aliphatic rings. The molecule has 0 unspecified atom stereocenters. The molecule has 0 radical (unpaired) electrons. The number of carbonyl (C=O) groups excluding carboxylic acids is 1. The minimum atomic E-state index is -4.60. The zero-order valence-electron chi connectivity index (χ0n) is 25.4. The summed E-state index contributed by atoms with van der Waals surface area (Å²) >= 11 is 0. The standard InChI is InChI=1S/C29H39FN5O8P/c1-6-20(7-2)15-38-25(36)19(3)34-44(37,41-21-11-9-8-10-12-21)43-29(16-30)26-28(17-39-29,42-27(4,5)40-26)23-14-13-22-24(31)32-18-33-35(22)23/h8-14,18-20,26H,6-7,15-17H2,1-5H3,(H,34,37)(H2,31,32,33)/t19-,26-,28-,29+,44+/m0/s1. The van der Waals surface area contributed by atoms with Crippen LogP contribution < -0.4 is 15.3 Å². The molecule has 0 saturated carbocycles. The third kappa shape index (κ3) is 6.07. The van der Waals surface area contributed by atoms with Gasteiger partial charge in [-0.05, 0) is 51.0 Å². The van der Waals surface area contributed by atoms with Gasteiger partial charge in [0.05, 0.1) is 18.9 Å². The average molecular weight is 636 g/mol. The number of nitrogens with two attached hydrogens (primary N) is 1. The molecule has 4 heterocycles. The average Bonchev–Trinajstić information content (AvgIpc) is 3.64. The van der Waals surface area contributed by atoms with Gasteiger partial charge >= 0.3 is 13.7 Å². The molecule has 3 aromatic rings. The lowest BCUT2D eigenvalue weighted by Crippen LogP contribution is -2.51. The van der Waals surface area contributed by atoms with Gasteiger partial charge in [-0.2, -0.15) is 10.2 Å². The molecule has 0 spiro atoms. The molecule has 3 N–H and O–H groups in total. The van der Waals surface area contributed by atoms with E-state index in [2.05, 4.69) is 15.2 Å². The first kappa shape index (κ1) is 32.3. The van der Waals surface area contributed by atoms with Crippen LogP contribution in [0.5, 0.6) is 5.75 Å². The van der Waals surface area contributed by atoms with Gasteiger partial charge in [0.15, 0.2) is 23.3 Å². The number of alkyl halides is 1. The van der Waals surface area contributed by atoms with E-state index in [0.29, 0.717) is 11.2 Å². The molecule has 2 saturated heterocycles. The predicted molar refractivity (Wildman–Crippen MR) is 157 cm³/mol. The monoisotopic (exact) mass is 635 g/mol. The minimum absolute atomic E-state index is 0.146. The van der Waals surface area contributed by atoms with Crippen molar-refractivity contribution in [3.05, 3.63) is 54.5 Å². The van der Waals surface area contributed by atoms with Gasteiger partial charge in [0, 0.05) is 0 Å². The second-order valence-corrected chi connectivity index (χ2v) is 13.1. The SMILES string of the molecule is CCC(CC)COC(=O)[C@H](C)N[P@@](=O)(Oc1ccccc1)O[C@@]1(CF)OC[C@@]2(c3ccc4c(N)ncnn34)OC(C)(C)O[C@H]12. The molecule has 13 nitrogen and oxygen atoms in total. The summed E-state index contributed by atoms with van der Waals surface area (Å²) in [6.07, 6.45) is 1.63. The predicted octanol–water partition coefficient (Wildman–Crippen LogP) is 4.52. The van der Waals surface area contributed by atoms with Gasteiger partial charge in [-0.25, -0.2) is 23.0 Å². The lowest BCUT2D eigenvalue weighted by Gasteiger charge is -2.35. The minimum Gasteiger partial charge on any atom is -0.464 e. The fraction of sp³-hybridized carbons (Fsp3) is 0.552. The second kappa shape index (κ2) is 12.3. The van der Waals surface area contributed by atoms with Gasteiger partial charge in [0.1, 0.15) is 30.3 Å². The Morgan fingerprint density at radius 3 is 2.64 bits per heavy atom. The lowest BCUT2D eigenvalue weighted by molar-refractivity contribution is -0.256. The molecule has 0 aliphatic carbocycles. The van der Waals surface area contributed by atoms with Gasteiger partial charge < -0.3 is 29.2 Å². The number of hydrogen-bond donors (Lipinski definition) is 2. The number of anilines is 1. The highest BCUT2D eigenvalue weighted by Crippen LogP contribution is 2.59. The number of esters is 1. The van der Waals surface area contributed by atoms with Crippen molar-refractivity contribution in [1.82, 2.24) is 19.7 Å². The zero-order valence-corrected chi connectivity index (χ0v) is 26.3. The molecule has 15 heteroatoms. The number of rotatable bonds is 13. The number of halogens is 1. The largest absolute Gasteiger partial charge is 0.464 e. The summed E-state index contributed by atoms with van der Waals surface area (Å²) in [6.45, 7) is 7.41. The Labute approximate surface area is 255 Å². The van der Waals surface area contributed by atoms with Crippen LogP contribution in [0.1, 0.15) is 53.2 Å². The number of benzene rings is 1. The Morgan fingerprint density at radius 1 is 1.23 bits per heavy atom. The van der Waals surface area contributed by atoms with Gasteiger partial charge in [-0.3, -0.25) is 4.79 Å². The van der Waals surface area contributed by atoms with Crippen molar-refractivity contribution >= 4 is 25.1 Å². The summed E-state index contributed by atoms with van der Waals surface area (Å²) < 4.78 is 67.3. The Kier molecular flexibility index (Phi) is 9.05. The number of nitrogen functional groups attached to an aromatic ring is 1. The number of fused-ring (bicyclic) bond motifs is 2. The van der Waals surface area contributed by atoms with Crippen molar-refractivity contribution < 1.29 is 41.7 Å². The molecule has 2 aromatic heterocycles. The van der Waals surface area contributed by atoms with Crippen molar-refractivity contribution in [3.8, 4) is 5.75 Å². The van der Waals surface area contributed by atoms with Gasteiger partial charge in [-0.1, -0.05) is 44.9 Å². The quantitative estimate of drug-likeness (QED) is 0.200. The van der Waals surface area contributed by atoms with Crippen LogP contribution >= 0.6 is 7.75 Å². The number of hydrogen-bond acceptors (Lipinski definition) is 11. The van der Waals surface area contributed by atoms with E-state index >= 15 is 4.39 Å². The number of ether oxygens (including phenoxy) is 4. The third-order valence-corrected chi connectivity index (χ3v) is 9.55. The van der Waals surface area contributed by atoms with Gasteiger partial charge in [0.2, 0.25) is 5.79 Å². The Balaban J connectivity index is 1.49. The molecular formula is C29H39FN5O8P. The van der Waals surface area contributed by atoms with E-state index in [9.17, 15) is 9.36 Å². The Bertz CT molecular complexity index is 1520. The van der Waals surface area contributed by atoms with E-state index in [1.54, 1.807) is 56.3 Å². The van der Waals surface area contributed by atoms with E-state index < -0.39 is 49.7 Å². The molecule has 0 bridgehead atoms. The smallest absolute Gasteiger partial charge is 0.462 e. The van der Waals surface area contributed by atoms with Crippen molar-refractivity contribution in [2.24, 2.45) is 5.92 Å². The van der Waals surface area contributed by atoms with Crippen LogP contribution in [0, 0.1) is 5.92 Å². The van der Waals surface area contributed by atoms with Crippen LogP contribution in [0.2, 0.25) is 0 Å². The maximum Gasteiger partial charge on any atom is 0.462 e. The lowest BCUT2D eigenvalue weighted by atomic mass is 9.91. The van der Waals surface area contributed by atoms with Crippen molar-refractivity contribution in [3.63, 3.8) is 0 Å². The van der Waals surface area contributed by atoms with Crippen molar-refractivity contribution in [2.45, 2.75) is 76.8 Å². The van der Waals surface area contributed by atoms with E-state index in [0.717, 1.165) is 12.8 Å². The van der Waals surface area contributed by atoms with Crippen LogP contribution in [0.3, 0.4) is 0 Å². The number of nitrogens with one attached hydrogen (secondary N) is 1. The number of para-hydroxylation sites is 1. The number of nitrogens with zero attached hydrogens (tertiary/aromatic N) is 3. The highest BCUT2D eigenvalue weighted by atomic mass is 31.2. The van der Waals surface area contributed by atoms with E-state index in [4.69, 9.17) is 33.7 Å². The number of carbonyl (C=O) groups is 1.